The molecule has 0 aliphatic carbocycles. The second-order valence-electron chi connectivity index (χ2n) is 2.90. The van der Waals surface area contributed by atoms with Crippen molar-refractivity contribution in [1.82, 2.24) is 5.32 Å². The number of urea groups is 1. The molecule has 88 valence electrons. The fourth-order valence-corrected chi connectivity index (χ4v) is 0.912. The fourth-order valence-electron chi connectivity index (χ4n) is 0.912. The van der Waals surface area contributed by atoms with Gasteiger partial charge in [-0.2, -0.15) is 0 Å². The molecule has 8 heteroatoms. The highest BCUT2D eigenvalue weighted by Gasteiger charge is 2.31. The largest absolute Gasteiger partial charge is 0.394 e. The summed E-state index contributed by atoms with van der Waals surface area (Å²) in [6.07, 6.45) is -4.98. The van der Waals surface area contributed by atoms with Crippen LogP contribution in [-0.4, -0.2) is 63.7 Å². The van der Waals surface area contributed by atoms with E-state index in [1.54, 1.807) is 0 Å². The average Bonchev–Trinajstić information content (AvgIpc) is 2.22. The SMILES string of the molecule is NC(=O)N[C@H](C=O)[C@@H](O)[C@H](O)[C@H](O)CO. The molecule has 0 bridgehead atoms. The van der Waals surface area contributed by atoms with Gasteiger partial charge in [0.2, 0.25) is 0 Å². The van der Waals surface area contributed by atoms with E-state index in [1.165, 1.54) is 0 Å². The summed E-state index contributed by atoms with van der Waals surface area (Å²) in [6.45, 7) is -0.791. The van der Waals surface area contributed by atoms with Gasteiger partial charge in [0.15, 0.2) is 0 Å². The van der Waals surface area contributed by atoms with Crippen LogP contribution in [0.1, 0.15) is 0 Å². The molecule has 15 heavy (non-hydrogen) atoms. The van der Waals surface area contributed by atoms with Crippen LogP contribution in [0.15, 0.2) is 0 Å². The number of aliphatic hydroxyl groups is 4. The Morgan fingerprint density at radius 2 is 1.87 bits per heavy atom. The summed E-state index contributed by atoms with van der Waals surface area (Å²) in [6, 6.07) is -2.50. The van der Waals surface area contributed by atoms with Gasteiger partial charge < -0.3 is 36.3 Å². The third-order valence-electron chi connectivity index (χ3n) is 1.75. The lowest BCUT2D eigenvalue weighted by atomic mass is 10.0. The zero-order valence-electron chi connectivity index (χ0n) is 7.78. The standard InChI is InChI=1S/C7H14N2O6/c8-7(15)9-3(1-10)5(13)6(14)4(12)2-11/h1,3-6,11-14H,2H2,(H3,8,9,15)/t3-,4-,5-,6-/m1/s1. The first-order valence-electron chi connectivity index (χ1n) is 4.10. The third kappa shape index (κ3) is 4.21. The van der Waals surface area contributed by atoms with Crippen molar-refractivity contribution in [2.75, 3.05) is 6.61 Å². The number of hydrogen-bond acceptors (Lipinski definition) is 6. The van der Waals surface area contributed by atoms with E-state index in [2.05, 4.69) is 0 Å². The summed E-state index contributed by atoms with van der Waals surface area (Å²) in [5.74, 6) is 0. The van der Waals surface area contributed by atoms with E-state index in [4.69, 9.17) is 15.9 Å². The molecule has 0 saturated heterocycles. The Morgan fingerprint density at radius 1 is 1.33 bits per heavy atom. The number of rotatable bonds is 6. The molecule has 7 N–H and O–H groups in total. The number of primary amides is 1. The lowest BCUT2D eigenvalue weighted by molar-refractivity contribution is -0.119. The van der Waals surface area contributed by atoms with E-state index in [1.807, 2.05) is 5.32 Å². The molecular formula is C7H14N2O6. The van der Waals surface area contributed by atoms with Gasteiger partial charge in [-0.15, -0.1) is 0 Å². The number of nitrogens with one attached hydrogen (secondary N) is 1. The first-order valence-corrected chi connectivity index (χ1v) is 4.10. The highest BCUT2D eigenvalue weighted by Crippen LogP contribution is 2.03. The van der Waals surface area contributed by atoms with Crippen LogP contribution in [0.4, 0.5) is 4.79 Å². The third-order valence-corrected chi connectivity index (χ3v) is 1.75. The van der Waals surface area contributed by atoms with Gasteiger partial charge in [0.1, 0.15) is 30.6 Å². The van der Waals surface area contributed by atoms with Crippen molar-refractivity contribution in [2.24, 2.45) is 5.73 Å². The van der Waals surface area contributed by atoms with Crippen molar-refractivity contribution in [1.29, 1.82) is 0 Å². The Labute approximate surface area is 85.3 Å². The molecule has 0 aromatic rings. The van der Waals surface area contributed by atoms with Gasteiger partial charge in [-0.1, -0.05) is 0 Å². The zero-order chi connectivity index (χ0) is 12.0. The maximum Gasteiger partial charge on any atom is 0.312 e. The topological polar surface area (TPSA) is 153 Å². The summed E-state index contributed by atoms with van der Waals surface area (Å²) in [5.41, 5.74) is 4.70. The fraction of sp³-hybridized carbons (Fsp3) is 0.714. The number of carbonyl (C=O) groups excluding carboxylic acids is 2. The van der Waals surface area contributed by atoms with Crippen molar-refractivity contribution < 1.29 is 30.0 Å². The molecule has 0 rings (SSSR count). The number of carbonyl (C=O) groups is 2. The Balaban J connectivity index is 4.42. The van der Waals surface area contributed by atoms with E-state index < -0.39 is 37.0 Å². The lowest BCUT2D eigenvalue weighted by Crippen LogP contribution is -2.54. The summed E-state index contributed by atoms with van der Waals surface area (Å²) in [7, 11) is 0. The van der Waals surface area contributed by atoms with Crippen LogP contribution >= 0.6 is 0 Å². The van der Waals surface area contributed by atoms with Gasteiger partial charge in [0, 0.05) is 0 Å². The Hall–Kier alpha value is -1.22. The summed E-state index contributed by atoms with van der Waals surface area (Å²) >= 11 is 0. The quantitative estimate of drug-likeness (QED) is 0.254. The van der Waals surface area contributed by atoms with E-state index in [9.17, 15) is 19.8 Å². The second-order valence-corrected chi connectivity index (χ2v) is 2.90. The summed E-state index contributed by atoms with van der Waals surface area (Å²) < 4.78 is 0. The van der Waals surface area contributed by atoms with Crippen molar-refractivity contribution in [3.8, 4) is 0 Å². The number of aliphatic hydroxyl groups excluding tert-OH is 4. The molecule has 2 amide bonds. The molecule has 0 radical (unpaired) electrons. The minimum atomic E-state index is -1.77. The van der Waals surface area contributed by atoms with E-state index >= 15 is 0 Å². The number of amides is 2. The monoisotopic (exact) mass is 222 g/mol. The Morgan fingerprint density at radius 3 is 2.20 bits per heavy atom. The minimum Gasteiger partial charge on any atom is -0.394 e. The van der Waals surface area contributed by atoms with Crippen molar-refractivity contribution in [2.45, 2.75) is 24.4 Å². The Kier molecular flexibility index (Phi) is 5.79. The van der Waals surface area contributed by atoms with Crippen LogP contribution in [0.2, 0.25) is 0 Å². The number of nitrogens with two attached hydrogens (primary N) is 1. The molecule has 0 aromatic heterocycles. The molecule has 0 heterocycles. The molecule has 0 aliphatic rings. The van der Waals surface area contributed by atoms with E-state index in [-0.39, 0.29) is 6.29 Å². The predicted octanol–water partition coefficient (Wildman–Crippen LogP) is -3.70. The van der Waals surface area contributed by atoms with Gasteiger partial charge in [0.05, 0.1) is 6.61 Å². The van der Waals surface area contributed by atoms with Gasteiger partial charge >= 0.3 is 6.03 Å². The number of aldehydes is 1. The smallest absolute Gasteiger partial charge is 0.312 e. The second kappa shape index (κ2) is 6.30. The van der Waals surface area contributed by atoms with Crippen LogP contribution in [0, 0.1) is 0 Å². The molecule has 4 atom stereocenters. The van der Waals surface area contributed by atoms with E-state index in [0.717, 1.165) is 0 Å². The average molecular weight is 222 g/mol. The van der Waals surface area contributed by atoms with Crippen molar-refractivity contribution >= 4 is 12.3 Å². The maximum absolute atomic E-state index is 10.4. The highest BCUT2D eigenvalue weighted by molar-refractivity contribution is 5.76. The van der Waals surface area contributed by atoms with Crippen LogP contribution in [0.3, 0.4) is 0 Å². The minimum absolute atomic E-state index is 0.155. The molecule has 0 unspecified atom stereocenters. The van der Waals surface area contributed by atoms with Crippen molar-refractivity contribution in [3.05, 3.63) is 0 Å². The van der Waals surface area contributed by atoms with Crippen LogP contribution < -0.4 is 11.1 Å². The molecule has 0 aromatic carbocycles. The summed E-state index contributed by atoms with van der Waals surface area (Å²) in [4.78, 5) is 20.8. The van der Waals surface area contributed by atoms with Gasteiger partial charge in [-0.05, 0) is 0 Å². The lowest BCUT2D eigenvalue weighted by Gasteiger charge is -2.25. The molecule has 0 spiro atoms. The van der Waals surface area contributed by atoms with Crippen LogP contribution in [0.5, 0.6) is 0 Å². The molecule has 8 nitrogen and oxygen atoms in total. The highest BCUT2D eigenvalue weighted by atomic mass is 16.4. The molecule has 0 saturated carbocycles. The first-order chi connectivity index (χ1) is 6.93. The van der Waals surface area contributed by atoms with Crippen molar-refractivity contribution in [3.63, 3.8) is 0 Å². The maximum atomic E-state index is 10.4. The first kappa shape index (κ1) is 13.8. The zero-order valence-corrected chi connectivity index (χ0v) is 7.78. The number of hydrogen-bond donors (Lipinski definition) is 6. The molecule has 0 aliphatic heterocycles. The Bertz CT molecular complexity index is 224. The van der Waals surface area contributed by atoms with Gasteiger partial charge in [-0.25, -0.2) is 4.79 Å². The summed E-state index contributed by atoms with van der Waals surface area (Å²) in [5, 5.41) is 37.8. The van der Waals surface area contributed by atoms with Crippen LogP contribution in [-0.2, 0) is 4.79 Å². The normalized spacial score (nSPS) is 18.7. The van der Waals surface area contributed by atoms with Gasteiger partial charge in [0.25, 0.3) is 0 Å². The molecule has 0 fully saturated rings. The van der Waals surface area contributed by atoms with E-state index in [0.29, 0.717) is 0 Å². The van der Waals surface area contributed by atoms with Crippen LogP contribution in [0.25, 0.3) is 0 Å². The molecular weight excluding hydrogens is 208 g/mol. The van der Waals surface area contributed by atoms with Gasteiger partial charge in [-0.3, -0.25) is 0 Å². The predicted molar refractivity (Wildman–Crippen MR) is 47.7 cm³/mol.